The number of hydrogen-bond donors (Lipinski definition) is 1. The van der Waals surface area contributed by atoms with Gasteiger partial charge in [0.25, 0.3) is 0 Å². The second-order valence-corrected chi connectivity index (χ2v) is 6.13. The van der Waals surface area contributed by atoms with Crippen molar-refractivity contribution in [2.75, 3.05) is 6.54 Å². The first-order chi connectivity index (χ1) is 9.70. The summed E-state index contributed by atoms with van der Waals surface area (Å²) in [5, 5.41) is 3.32. The first kappa shape index (κ1) is 15.5. The standard InChI is InChI=1S/C16H17Br2NO/c1-2-19-10-12-7-8-13(15(18)9-12)11-20-16-6-4-3-5-14(16)17/h3-9,19H,2,10-11H2,1H3. The minimum Gasteiger partial charge on any atom is -0.488 e. The van der Waals surface area contributed by atoms with Crippen LogP contribution in [-0.2, 0) is 13.2 Å². The van der Waals surface area contributed by atoms with Crippen molar-refractivity contribution in [3.05, 3.63) is 62.5 Å². The fourth-order valence-corrected chi connectivity index (χ4v) is 2.74. The van der Waals surface area contributed by atoms with E-state index in [1.165, 1.54) is 5.56 Å². The van der Waals surface area contributed by atoms with E-state index in [-0.39, 0.29) is 0 Å². The van der Waals surface area contributed by atoms with Crippen LogP contribution in [0.15, 0.2) is 51.4 Å². The number of rotatable bonds is 6. The van der Waals surface area contributed by atoms with Crippen molar-refractivity contribution in [1.29, 1.82) is 0 Å². The number of ether oxygens (including phenoxy) is 1. The normalized spacial score (nSPS) is 10.6. The maximum atomic E-state index is 5.83. The van der Waals surface area contributed by atoms with Crippen molar-refractivity contribution in [2.45, 2.75) is 20.1 Å². The van der Waals surface area contributed by atoms with Crippen LogP contribution in [0.5, 0.6) is 5.75 Å². The number of hydrogen-bond acceptors (Lipinski definition) is 2. The van der Waals surface area contributed by atoms with Gasteiger partial charge in [0, 0.05) is 16.6 Å². The van der Waals surface area contributed by atoms with Crippen LogP contribution in [0.3, 0.4) is 0 Å². The SMILES string of the molecule is CCNCc1ccc(COc2ccccc2Br)c(Br)c1. The molecule has 2 aromatic carbocycles. The summed E-state index contributed by atoms with van der Waals surface area (Å²) < 4.78 is 7.89. The summed E-state index contributed by atoms with van der Waals surface area (Å²) >= 11 is 7.10. The number of para-hydroxylation sites is 1. The predicted octanol–water partition coefficient (Wildman–Crippen LogP) is 4.90. The van der Waals surface area contributed by atoms with E-state index in [1.54, 1.807) is 0 Å². The van der Waals surface area contributed by atoms with Crippen LogP contribution < -0.4 is 10.1 Å². The van der Waals surface area contributed by atoms with Gasteiger partial charge >= 0.3 is 0 Å². The molecule has 2 rings (SSSR count). The first-order valence-electron chi connectivity index (χ1n) is 6.56. The fraction of sp³-hybridized carbons (Fsp3) is 0.250. The monoisotopic (exact) mass is 397 g/mol. The van der Waals surface area contributed by atoms with E-state index in [1.807, 2.05) is 24.3 Å². The maximum Gasteiger partial charge on any atom is 0.133 e. The molecule has 0 aliphatic rings. The third-order valence-electron chi connectivity index (χ3n) is 2.92. The minimum atomic E-state index is 0.546. The lowest BCUT2D eigenvalue weighted by molar-refractivity contribution is 0.303. The Labute approximate surface area is 136 Å². The maximum absolute atomic E-state index is 5.83. The van der Waals surface area contributed by atoms with Crippen LogP contribution in [0.1, 0.15) is 18.1 Å². The minimum absolute atomic E-state index is 0.546. The Balaban J connectivity index is 2.01. The zero-order chi connectivity index (χ0) is 14.4. The molecule has 0 amide bonds. The molecule has 0 aromatic heterocycles. The van der Waals surface area contributed by atoms with E-state index in [2.05, 4.69) is 62.3 Å². The molecule has 0 bridgehead atoms. The Kier molecular flexibility index (Phi) is 6.07. The molecule has 0 saturated heterocycles. The predicted molar refractivity (Wildman–Crippen MR) is 90.0 cm³/mol. The molecule has 0 atom stereocenters. The molecule has 2 nitrogen and oxygen atoms in total. The molecule has 1 N–H and O–H groups in total. The van der Waals surface area contributed by atoms with Gasteiger partial charge in [0.2, 0.25) is 0 Å². The third-order valence-corrected chi connectivity index (χ3v) is 4.31. The van der Waals surface area contributed by atoms with Gasteiger partial charge in [-0.05, 0) is 46.2 Å². The van der Waals surface area contributed by atoms with Gasteiger partial charge in [-0.3, -0.25) is 0 Å². The molecule has 4 heteroatoms. The van der Waals surface area contributed by atoms with E-state index in [4.69, 9.17) is 4.74 Å². The van der Waals surface area contributed by atoms with Crippen molar-refractivity contribution in [3.8, 4) is 5.75 Å². The quantitative estimate of drug-likeness (QED) is 0.747. The van der Waals surface area contributed by atoms with Crippen LogP contribution in [0.4, 0.5) is 0 Å². The molecule has 106 valence electrons. The molecular weight excluding hydrogens is 382 g/mol. The molecular formula is C16H17Br2NO. The molecule has 0 heterocycles. The lowest BCUT2D eigenvalue weighted by atomic mass is 10.1. The first-order valence-corrected chi connectivity index (χ1v) is 8.14. The van der Waals surface area contributed by atoms with Crippen molar-refractivity contribution in [2.24, 2.45) is 0 Å². The highest BCUT2D eigenvalue weighted by Crippen LogP contribution is 2.26. The van der Waals surface area contributed by atoms with Crippen molar-refractivity contribution in [1.82, 2.24) is 5.32 Å². The molecule has 0 aliphatic carbocycles. The Bertz CT molecular complexity index is 572. The Morgan fingerprint density at radius 1 is 1.05 bits per heavy atom. The highest BCUT2D eigenvalue weighted by molar-refractivity contribution is 9.10. The molecule has 0 fully saturated rings. The zero-order valence-corrected chi connectivity index (χ0v) is 14.5. The van der Waals surface area contributed by atoms with Gasteiger partial charge in [-0.2, -0.15) is 0 Å². The molecule has 2 aromatic rings. The van der Waals surface area contributed by atoms with Crippen LogP contribution in [0.2, 0.25) is 0 Å². The summed E-state index contributed by atoms with van der Waals surface area (Å²) in [6, 6.07) is 14.2. The van der Waals surface area contributed by atoms with E-state index in [0.29, 0.717) is 6.61 Å². The van der Waals surface area contributed by atoms with E-state index in [9.17, 15) is 0 Å². The summed E-state index contributed by atoms with van der Waals surface area (Å²) in [6.45, 7) is 4.52. The fourth-order valence-electron chi connectivity index (χ4n) is 1.80. The van der Waals surface area contributed by atoms with Gasteiger partial charge in [-0.25, -0.2) is 0 Å². The van der Waals surface area contributed by atoms with Gasteiger partial charge in [-0.1, -0.05) is 47.1 Å². The van der Waals surface area contributed by atoms with Crippen LogP contribution in [-0.4, -0.2) is 6.54 Å². The van der Waals surface area contributed by atoms with Gasteiger partial charge in [-0.15, -0.1) is 0 Å². The van der Waals surface area contributed by atoms with E-state index >= 15 is 0 Å². The van der Waals surface area contributed by atoms with E-state index in [0.717, 1.165) is 33.3 Å². The largest absolute Gasteiger partial charge is 0.488 e. The Morgan fingerprint density at radius 3 is 2.55 bits per heavy atom. The van der Waals surface area contributed by atoms with Gasteiger partial charge in [0.15, 0.2) is 0 Å². The molecule has 0 aliphatic heterocycles. The van der Waals surface area contributed by atoms with Gasteiger partial charge in [0.1, 0.15) is 12.4 Å². The summed E-state index contributed by atoms with van der Waals surface area (Å²) in [6.07, 6.45) is 0. The van der Waals surface area contributed by atoms with Crippen LogP contribution in [0, 0.1) is 0 Å². The summed E-state index contributed by atoms with van der Waals surface area (Å²) in [5.41, 5.74) is 2.41. The van der Waals surface area contributed by atoms with Crippen molar-refractivity contribution < 1.29 is 4.74 Å². The van der Waals surface area contributed by atoms with Gasteiger partial charge < -0.3 is 10.1 Å². The second-order valence-electron chi connectivity index (χ2n) is 4.43. The third kappa shape index (κ3) is 4.33. The molecule has 0 spiro atoms. The summed E-state index contributed by atoms with van der Waals surface area (Å²) in [5.74, 6) is 0.858. The molecule has 20 heavy (non-hydrogen) atoms. The molecule has 0 saturated carbocycles. The van der Waals surface area contributed by atoms with Crippen LogP contribution >= 0.6 is 31.9 Å². The lowest BCUT2D eigenvalue weighted by Gasteiger charge is -2.11. The van der Waals surface area contributed by atoms with E-state index < -0.39 is 0 Å². The number of halogens is 2. The van der Waals surface area contributed by atoms with Gasteiger partial charge in [0.05, 0.1) is 4.47 Å². The average molecular weight is 399 g/mol. The number of benzene rings is 2. The second kappa shape index (κ2) is 7.81. The average Bonchev–Trinajstić information content (AvgIpc) is 2.45. The summed E-state index contributed by atoms with van der Waals surface area (Å²) in [7, 11) is 0. The highest BCUT2D eigenvalue weighted by Gasteiger charge is 2.04. The smallest absolute Gasteiger partial charge is 0.133 e. The zero-order valence-electron chi connectivity index (χ0n) is 11.3. The highest BCUT2D eigenvalue weighted by atomic mass is 79.9. The van der Waals surface area contributed by atoms with Crippen molar-refractivity contribution in [3.63, 3.8) is 0 Å². The van der Waals surface area contributed by atoms with Crippen molar-refractivity contribution >= 4 is 31.9 Å². The molecule has 0 radical (unpaired) electrons. The Morgan fingerprint density at radius 2 is 1.85 bits per heavy atom. The summed E-state index contributed by atoms with van der Waals surface area (Å²) in [4.78, 5) is 0. The Hall–Kier alpha value is -0.840. The topological polar surface area (TPSA) is 21.3 Å². The molecule has 0 unspecified atom stereocenters. The van der Waals surface area contributed by atoms with Crippen LogP contribution in [0.25, 0.3) is 0 Å². The number of nitrogens with one attached hydrogen (secondary N) is 1. The lowest BCUT2D eigenvalue weighted by Crippen LogP contribution is -2.11.